The van der Waals surface area contributed by atoms with Crippen molar-refractivity contribution in [2.45, 2.75) is 51.6 Å². The van der Waals surface area contributed by atoms with Gasteiger partial charge in [-0.3, -0.25) is 0 Å². The van der Waals surface area contributed by atoms with Crippen LogP contribution in [0.4, 0.5) is 0 Å². The van der Waals surface area contributed by atoms with Gasteiger partial charge in [0.2, 0.25) is 0 Å². The Morgan fingerprint density at radius 2 is 2.05 bits per heavy atom. The number of ether oxygens (including phenoxy) is 2. The van der Waals surface area contributed by atoms with Gasteiger partial charge >= 0.3 is 0 Å². The van der Waals surface area contributed by atoms with Crippen LogP contribution in [0.25, 0.3) is 0 Å². The molecule has 116 valence electrons. The fourth-order valence-corrected chi connectivity index (χ4v) is 3.56. The molecule has 0 saturated heterocycles. The van der Waals surface area contributed by atoms with Crippen molar-refractivity contribution in [2.24, 2.45) is 5.92 Å². The Morgan fingerprint density at radius 3 is 2.90 bits per heavy atom. The molecule has 1 aliphatic carbocycles. The Hall–Kier alpha value is -0.930. The van der Waals surface area contributed by atoms with Gasteiger partial charge < -0.3 is 14.8 Å². The molecule has 0 aromatic heterocycles. The molecule has 2 unspecified atom stereocenters. The first kappa shape index (κ1) is 15.0. The Labute approximate surface area is 132 Å². The van der Waals surface area contributed by atoms with Gasteiger partial charge in [0.1, 0.15) is 0 Å². The molecule has 0 amide bonds. The maximum atomic E-state index is 6.33. The summed E-state index contributed by atoms with van der Waals surface area (Å²) in [5.41, 5.74) is 1.17. The first-order valence-corrected chi connectivity index (χ1v) is 8.41. The first-order chi connectivity index (χ1) is 10.2. The van der Waals surface area contributed by atoms with Gasteiger partial charge in [-0.15, -0.1) is 0 Å². The second-order valence-electron chi connectivity index (χ2n) is 6.30. The second-order valence-corrected chi connectivity index (χ2v) is 6.71. The van der Waals surface area contributed by atoms with Gasteiger partial charge in [0.25, 0.3) is 0 Å². The molecule has 1 saturated carbocycles. The number of benzene rings is 1. The lowest BCUT2D eigenvalue weighted by molar-refractivity contribution is 0.296. The summed E-state index contributed by atoms with van der Waals surface area (Å²) in [6.07, 6.45) is 6.16. The van der Waals surface area contributed by atoms with Gasteiger partial charge in [0.05, 0.1) is 18.2 Å². The van der Waals surface area contributed by atoms with Gasteiger partial charge in [0.15, 0.2) is 11.5 Å². The van der Waals surface area contributed by atoms with Gasteiger partial charge in [-0.05, 0) is 36.5 Å². The molecule has 2 atom stereocenters. The fourth-order valence-electron chi connectivity index (χ4n) is 3.27. The normalized spacial score (nSPS) is 25.4. The third kappa shape index (κ3) is 3.83. The third-order valence-corrected chi connectivity index (χ3v) is 4.67. The van der Waals surface area contributed by atoms with Crippen LogP contribution in [0.3, 0.4) is 0 Å². The van der Waals surface area contributed by atoms with Crippen LogP contribution in [-0.2, 0) is 6.54 Å². The Morgan fingerprint density at radius 1 is 1.19 bits per heavy atom. The molecule has 1 aromatic carbocycles. The first-order valence-electron chi connectivity index (χ1n) is 8.04. The average molecular weight is 310 g/mol. The summed E-state index contributed by atoms with van der Waals surface area (Å²) >= 11 is 6.33. The van der Waals surface area contributed by atoms with Gasteiger partial charge in [-0.2, -0.15) is 0 Å². The van der Waals surface area contributed by atoms with Crippen molar-refractivity contribution in [3.05, 3.63) is 22.7 Å². The number of rotatable bonds is 3. The monoisotopic (exact) mass is 309 g/mol. The highest BCUT2D eigenvalue weighted by Crippen LogP contribution is 2.38. The summed E-state index contributed by atoms with van der Waals surface area (Å²) < 4.78 is 11.4. The van der Waals surface area contributed by atoms with Crippen LogP contribution in [0.2, 0.25) is 5.02 Å². The van der Waals surface area contributed by atoms with Crippen LogP contribution >= 0.6 is 11.6 Å². The summed E-state index contributed by atoms with van der Waals surface area (Å²) in [4.78, 5) is 0. The fraction of sp³-hybridized carbons (Fsp3) is 0.647. The Balaban J connectivity index is 1.65. The standard InChI is InChI=1S/C17H24ClNO2/c1-12-4-2-5-14(8-12)19-11-13-9-15(18)17-16(10-13)20-6-3-7-21-17/h9-10,12,14,19H,2-8,11H2,1H3. The van der Waals surface area contributed by atoms with Crippen molar-refractivity contribution in [1.29, 1.82) is 0 Å². The molecular formula is C17H24ClNO2. The predicted octanol–water partition coefficient (Wildman–Crippen LogP) is 4.17. The molecular weight excluding hydrogens is 286 g/mol. The Kier molecular flexibility index (Phi) is 4.91. The van der Waals surface area contributed by atoms with E-state index in [0.717, 1.165) is 24.6 Å². The zero-order valence-corrected chi connectivity index (χ0v) is 13.4. The van der Waals surface area contributed by atoms with E-state index in [1.165, 1.54) is 31.2 Å². The van der Waals surface area contributed by atoms with Crippen molar-refractivity contribution in [2.75, 3.05) is 13.2 Å². The predicted molar refractivity (Wildman–Crippen MR) is 85.3 cm³/mol. The number of halogens is 1. The van der Waals surface area contributed by atoms with E-state index in [1.807, 2.05) is 6.07 Å². The summed E-state index contributed by atoms with van der Waals surface area (Å²) in [5.74, 6) is 2.32. The highest BCUT2D eigenvalue weighted by Gasteiger charge is 2.19. The summed E-state index contributed by atoms with van der Waals surface area (Å²) in [6.45, 7) is 4.55. The van der Waals surface area contributed by atoms with E-state index in [4.69, 9.17) is 21.1 Å². The third-order valence-electron chi connectivity index (χ3n) is 4.39. The van der Waals surface area contributed by atoms with Crippen molar-refractivity contribution in [1.82, 2.24) is 5.32 Å². The molecule has 1 N–H and O–H groups in total. The van der Waals surface area contributed by atoms with E-state index in [2.05, 4.69) is 18.3 Å². The Bertz CT molecular complexity index is 492. The van der Waals surface area contributed by atoms with E-state index in [9.17, 15) is 0 Å². The lowest BCUT2D eigenvalue weighted by atomic mass is 9.87. The number of nitrogens with one attached hydrogen (secondary N) is 1. The number of fused-ring (bicyclic) bond motifs is 1. The maximum Gasteiger partial charge on any atom is 0.179 e. The van der Waals surface area contributed by atoms with E-state index >= 15 is 0 Å². The minimum atomic E-state index is 0.628. The largest absolute Gasteiger partial charge is 0.489 e. The molecule has 1 aliphatic heterocycles. The smallest absolute Gasteiger partial charge is 0.179 e. The van der Waals surface area contributed by atoms with Crippen molar-refractivity contribution in [3.8, 4) is 11.5 Å². The van der Waals surface area contributed by atoms with Crippen LogP contribution in [0.15, 0.2) is 12.1 Å². The molecule has 3 nitrogen and oxygen atoms in total. The molecule has 0 bridgehead atoms. The van der Waals surface area contributed by atoms with Crippen LogP contribution in [0.5, 0.6) is 11.5 Å². The second kappa shape index (κ2) is 6.89. The zero-order valence-electron chi connectivity index (χ0n) is 12.7. The van der Waals surface area contributed by atoms with Crippen molar-refractivity contribution in [3.63, 3.8) is 0 Å². The van der Waals surface area contributed by atoms with Crippen molar-refractivity contribution < 1.29 is 9.47 Å². The lowest BCUT2D eigenvalue weighted by Gasteiger charge is -2.27. The SMILES string of the molecule is CC1CCCC(NCc2cc(Cl)c3c(c2)OCCCO3)C1. The molecule has 0 radical (unpaired) electrons. The molecule has 1 aromatic rings. The minimum absolute atomic E-state index is 0.628. The highest BCUT2D eigenvalue weighted by atomic mass is 35.5. The zero-order chi connectivity index (χ0) is 14.7. The van der Waals surface area contributed by atoms with Crippen molar-refractivity contribution >= 4 is 11.6 Å². The maximum absolute atomic E-state index is 6.33. The number of hydrogen-bond acceptors (Lipinski definition) is 3. The summed E-state index contributed by atoms with van der Waals surface area (Å²) in [6, 6.07) is 4.68. The number of hydrogen-bond donors (Lipinski definition) is 1. The topological polar surface area (TPSA) is 30.5 Å². The van der Waals surface area contributed by atoms with Gasteiger partial charge in [-0.25, -0.2) is 0 Å². The lowest BCUT2D eigenvalue weighted by Crippen LogP contribution is -2.33. The van der Waals surface area contributed by atoms with E-state index in [-0.39, 0.29) is 0 Å². The summed E-state index contributed by atoms with van der Waals surface area (Å²) in [5, 5.41) is 4.32. The van der Waals surface area contributed by atoms with E-state index < -0.39 is 0 Å². The van der Waals surface area contributed by atoms with Crippen LogP contribution in [0, 0.1) is 5.92 Å². The summed E-state index contributed by atoms with van der Waals surface area (Å²) in [7, 11) is 0. The van der Waals surface area contributed by atoms with Crippen LogP contribution in [-0.4, -0.2) is 19.3 Å². The van der Waals surface area contributed by atoms with E-state index in [1.54, 1.807) is 0 Å². The van der Waals surface area contributed by atoms with Gasteiger partial charge in [-0.1, -0.05) is 31.4 Å². The van der Waals surface area contributed by atoms with Gasteiger partial charge in [0, 0.05) is 19.0 Å². The van der Waals surface area contributed by atoms with E-state index in [0.29, 0.717) is 30.0 Å². The minimum Gasteiger partial charge on any atom is -0.489 e. The average Bonchev–Trinajstić information content (AvgIpc) is 2.71. The quantitative estimate of drug-likeness (QED) is 0.909. The highest BCUT2D eigenvalue weighted by molar-refractivity contribution is 6.32. The molecule has 21 heavy (non-hydrogen) atoms. The molecule has 4 heteroatoms. The van der Waals surface area contributed by atoms with Crippen LogP contribution in [0.1, 0.15) is 44.6 Å². The molecule has 2 aliphatic rings. The molecule has 0 spiro atoms. The molecule has 1 heterocycles. The van der Waals surface area contributed by atoms with Crippen LogP contribution < -0.4 is 14.8 Å². The molecule has 3 rings (SSSR count). The molecule has 1 fully saturated rings.